The molecule has 16 heteroatoms. The highest BCUT2D eigenvalue weighted by molar-refractivity contribution is 8.14. The number of esters is 2. The summed E-state index contributed by atoms with van der Waals surface area (Å²) in [6, 6.07) is 0. The molecule has 2 unspecified atom stereocenters. The van der Waals surface area contributed by atoms with E-state index in [-0.39, 0.29) is 23.3 Å². The molecule has 28 heavy (non-hydrogen) atoms. The topological polar surface area (TPSA) is 222 Å². The average molecular weight is 440 g/mol. The molecule has 0 saturated carbocycles. The van der Waals surface area contributed by atoms with Crippen LogP contribution < -0.4 is 0 Å². The number of azide groups is 2. The van der Waals surface area contributed by atoms with Crippen LogP contribution in [0.3, 0.4) is 0 Å². The van der Waals surface area contributed by atoms with Gasteiger partial charge in [0, 0.05) is 35.1 Å². The molecule has 2 atom stereocenters. The van der Waals surface area contributed by atoms with E-state index in [1.807, 2.05) is 0 Å². The molecule has 0 aromatic heterocycles. The lowest BCUT2D eigenvalue weighted by atomic mass is 10.3. The maximum atomic E-state index is 10.9. The minimum Gasteiger partial charge on any atom is -0.469 e. The van der Waals surface area contributed by atoms with Crippen molar-refractivity contribution in [2.75, 3.05) is 27.3 Å². The van der Waals surface area contributed by atoms with Crippen LogP contribution in [0, 0.1) is 0 Å². The SMILES string of the molecule is COC(=O)CC(CN=[N+]=[N-])S(=O)(=O)O.COC(=O)CC(CN=[N+]=[N-])SC(C)=O. The van der Waals surface area contributed by atoms with Crippen molar-refractivity contribution in [2.45, 2.75) is 30.3 Å². The fraction of sp³-hybridized carbons (Fsp3) is 0.750. The van der Waals surface area contributed by atoms with Crippen molar-refractivity contribution < 1.29 is 36.8 Å². The number of carbonyl (C=O) groups is 3. The summed E-state index contributed by atoms with van der Waals surface area (Å²) in [4.78, 5) is 37.2. The summed E-state index contributed by atoms with van der Waals surface area (Å²) in [6.45, 7) is 0.991. The van der Waals surface area contributed by atoms with Crippen LogP contribution in [0.1, 0.15) is 19.8 Å². The van der Waals surface area contributed by atoms with Crippen LogP contribution in [-0.4, -0.2) is 67.8 Å². The Morgan fingerprint density at radius 3 is 1.89 bits per heavy atom. The number of carbonyl (C=O) groups excluding carboxylic acids is 3. The zero-order chi connectivity index (χ0) is 22.2. The minimum atomic E-state index is -4.41. The van der Waals surface area contributed by atoms with Gasteiger partial charge in [0.2, 0.25) is 0 Å². The lowest BCUT2D eigenvalue weighted by Crippen LogP contribution is -2.27. The van der Waals surface area contributed by atoms with Crippen LogP contribution >= 0.6 is 11.8 Å². The van der Waals surface area contributed by atoms with Crippen LogP contribution in [0.25, 0.3) is 20.9 Å². The summed E-state index contributed by atoms with van der Waals surface area (Å²) in [7, 11) is -2.06. The van der Waals surface area contributed by atoms with Crippen molar-refractivity contribution in [3.63, 3.8) is 0 Å². The Kier molecular flexibility index (Phi) is 15.4. The molecule has 0 aliphatic heterocycles. The molecule has 0 bridgehead atoms. The van der Waals surface area contributed by atoms with Gasteiger partial charge in [-0.05, 0) is 11.1 Å². The molecule has 0 rings (SSSR count). The minimum absolute atomic E-state index is 0.0692. The molecule has 0 heterocycles. The van der Waals surface area contributed by atoms with Crippen molar-refractivity contribution in [3.8, 4) is 0 Å². The first-order valence-corrected chi connectivity index (χ1v) is 9.68. The summed E-state index contributed by atoms with van der Waals surface area (Å²) in [5.74, 6) is -1.22. The van der Waals surface area contributed by atoms with Gasteiger partial charge in [0.15, 0.2) is 5.12 Å². The maximum Gasteiger partial charge on any atom is 0.306 e. The Morgan fingerprint density at radius 1 is 1.04 bits per heavy atom. The molecule has 0 spiro atoms. The lowest BCUT2D eigenvalue weighted by molar-refractivity contribution is -0.141. The molecular formula is C12H20N6O8S2. The molecule has 0 aromatic carbocycles. The Bertz CT molecular complexity index is 726. The van der Waals surface area contributed by atoms with Crippen molar-refractivity contribution in [3.05, 3.63) is 20.9 Å². The van der Waals surface area contributed by atoms with Crippen LogP contribution in [0.2, 0.25) is 0 Å². The predicted octanol–water partition coefficient (Wildman–Crippen LogP) is 1.62. The van der Waals surface area contributed by atoms with Crippen LogP contribution in [0.4, 0.5) is 0 Å². The van der Waals surface area contributed by atoms with Gasteiger partial charge in [-0.15, -0.1) is 0 Å². The normalized spacial score (nSPS) is 12.0. The largest absolute Gasteiger partial charge is 0.469 e. The Morgan fingerprint density at radius 2 is 1.50 bits per heavy atom. The van der Waals surface area contributed by atoms with Gasteiger partial charge in [-0.2, -0.15) is 8.42 Å². The molecule has 0 aliphatic rings. The third-order valence-corrected chi connectivity index (χ3v) is 4.83. The third-order valence-electron chi connectivity index (χ3n) is 2.69. The molecule has 0 radical (unpaired) electrons. The second-order valence-electron chi connectivity index (χ2n) is 4.76. The summed E-state index contributed by atoms with van der Waals surface area (Å²) >= 11 is 0.979. The molecule has 0 aromatic rings. The predicted molar refractivity (Wildman–Crippen MR) is 98.7 cm³/mol. The monoisotopic (exact) mass is 440 g/mol. The maximum absolute atomic E-state index is 10.9. The Hall–Kier alpha value is -2.51. The molecule has 0 aliphatic carbocycles. The summed E-state index contributed by atoms with van der Waals surface area (Å²) in [5.41, 5.74) is 16.0. The number of hydrogen-bond acceptors (Lipinski definition) is 10. The van der Waals surface area contributed by atoms with Gasteiger partial charge in [-0.1, -0.05) is 22.0 Å². The Labute approximate surface area is 164 Å². The molecule has 0 amide bonds. The zero-order valence-electron chi connectivity index (χ0n) is 15.3. The second kappa shape index (κ2) is 15.5. The van der Waals surface area contributed by atoms with E-state index in [4.69, 9.17) is 15.6 Å². The van der Waals surface area contributed by atoms with Gasteiger partial charge in [0.05, 0.1) is 27.1 Å². The first-order chi connectivity index (χ1) is 13.0. The third kappa shape index (κ3) is 15.7. The quantitative estimate of drug-likeness (QED) is 0.171. The highest BCUT2D eigenvalue weighted by atomic mass is 32.2. The molecule has 14 nitrogen and oxygen atoms in total. The Balaban J connectivity index is 0. The van der Waals surface area contributed by atoms with E-state index < -0.39 is 40.3 Å². The van der Waals surface area contributed by atoms with E-state index in [0.29, 0.717) is 0 Å². The summed E-state index contributed by atoms with van der Waals surface area (Å²) in [6.07, 6.45) is -0.478. The number of nitrogens with zero attached hydrogens (tertiary/aromatic N) is 6. The number of rotatable bonds is 10. The molecule has 0 fully saturated rings. The molecule has 1 N–H and O–H groups in total. The molecule has 158 valence electrons. The van der Waals surface area contributed by atoms with Gasteiger partial charge in [0.25, 0.3) is 10.1 Å². The van der Waals surface area contributed by atoms with E-state index in [1.165, 1.54) is 14.0 Å². The summed E-state index contributed by atoms with van der Waals surface area (Å²) in [5, 5.41) is 4.36. The average Bonchev–Trinajstić information content (AvgIpc) is 2.61. The van der Waals surface area contributed by atoms with Gasteiger partial charge in [0.1, 0.15) is 5.25 Å². The number of hydrogen-bond donors (Lipinski definition) is 1. The first-order valence-electron chi connectivity index (χ1n) is 7.30. The van der Waals surface area contributed by atoms with Crippen LogP contribution in [0.5, 0.6) is 0 Å². The van der Waals surface area contributed by atoms with Gasteiger partial charge in [-0.25, -0.2) is 0 Å². The van der Waals surface area contributed by atoms with E-state index in [1.54, 1.807) is 0 Å². The standard InChI is InChI=1S/C7H11N3O3S.C5H9N3O5S/c1-5(11)14-6(4-9-10-8)3-7(12)13-2;1-13-5(9)2-4(3-7-8-6)14(10,11)12/h6H,3-4H2,1-2H3;4H,2-3H2,1H3,(H,10,11,12). The highest BCUT2D eigenvalue weighted by Crippen LogP contribution is 2.16. The second-order valence-corrected chi connectivity index (χ2v) is 7.93. The van der Waals surface area contributed by atoms with Gasteiger partial charge >= 0.3 is 11.9 Å². The van der Waals surface area contributed by atoms with Crippen molar-refractivity contribution >= 4 is 38.9 Å². The van der Waals surface area contributed by atoms with Crippen LogP contribution in [-0.2, 0) is 34.0 Å². The number of thioether (sulfide) groups is 1. The zero-order valence-corrected chi connectivity index (χ0v) is 16.9. The van der Waals surface area contributed by atoms with E-state index >= 15 is 0 Å². The van der Waals surface area contributed by atoms with Gasteiger partial charge < -0.3 is 9.47 Å². The van der Waals surface area contributed by atoms with Crippen molar-refractivity contribution in [1.29, 1.82) is 0 Å². The van der Waals surface area contributed by atoms with Crippen LogP contribution in [0.15, 0.2) is 10.2 Å². The van der Waals surface area contributed by atoms with Crippen molar-refractivity contribution in [1.82, 2.24) is 0 Å². The van der Waals surface area contributed by atoms with E-state index in [9.17, 15) is 22.8 Å². The van der Waals surface area contributed by atoms with E-state index in [2.05, 4.69) is 29.5 Å². The molecular weight excluding hydrogens is 420 g/mol. The molecule has 0 saturated heterocycles. The summed E-state index contributed by atoms with van der Waals surface area (Å²) < 4.78 is 38.6. The van der Waals surface area contributed by atoms with E-state index in [0.717, 1.165) is 18.9 Å². The smallest absolute Gasteiger partial charge is 0.306 e. The first kappa shape index (κ1) is 27.7. The number of methoxy groups -OCH3 is 2. The fourth-order valence-electron chi connectivity index (χ4n) is 1.44. The highest BCUT2D eigenvalue weighted by Gasteiger charge is 2.25. The number of ether oxygens (including phenoxy) is 2. The fourth-order valence-corrected chi connectivity index (χ4v) is 2.87. The van der Waals surface area contributed by atoms with Gasteiger partial charge in [-0.3, -0.25) is 18.9 Å². The lowest BCUT2D eigenvalue weighted by Gasteiger charge is -2.09. The van der Waals surface area contributed by atoms with Crippen molar-refractivity contribution in [2.24, 2.45) is 10.2 Å².